The van der Waals surface area contributed by atoms with Crippen molar-refractivity contribution in [1.82, 2.24) is 14.7 Å². The standard InChI is InChI=1S/C27H27N3O3/c1-2-29-14-19(13-28-29)18-11-20-15-32-16-21(12-18)30(20)27(31)33-17-26-24-9-5-3-7-22(24)23-8-4-6-10-25(23)26/h3-11,13-14,20-21,26H,2,12,15-17H2,1H3. The molecule has 1 amide bonds. The van der Waals surface area contributed by atoms with E-state index in [0.29, 0.717) is 19.8 Å². The molecule has 3 aromatic rings. The first-order valence-corrected chi connectivity index (χ1v) is 11.7. The van der Waals surface area contributed by atoms with Gasteiger partial charge in [-0.2, -0.15) is 5.10 Å². The molecule has 1 fully saturated rings. The van der Waals surface area contributed by atoms with Crippen molar-refractivity contribution in [2.45, 2.75) is 37.9 Å². The molecule has 3 heterocycles. The maximum absolute atomic E-state index is 13.3. The highest BCUT2D eigenvalue weighted by Crippen LogP contribution is 2.44. The van der Waals surface area contributed by atoms with E-state index in [1.807, 2.05) is 15.8 Å². The average Bonchev–Trinajstić information content (AvgIpc) is 3.45. The van der Waals surface area contributed by atoms with Crippen LogP contribution < -0.4 is 0 Å². The SMILES string of the molecule is CCn1cc(C2=CC3COCC(C2)N3C(=O)OCC2c3ccccc3-c3ccccc32)cn1. The van der Waals surface area contributed by atoms with Crippen LogP contribution in [-0.4, -0.2) is 52.7 Å². The number of benzene rings is 2. The maximum atomic E-state index is 13.3. The molecular formula is C27H27N3O3. The molecule has 0 saturated carbocycles. The van der Waals surface area contributed by atoms with Crippen molar-refractivity contribution in [3.8, 4) is 11.1 Å². The van der Waals surface area contributed by atoms with Crippen molar-refractivity contribution in [1.29, 1.82) is 0 Å². The summed E-state index contributed by atoms with van der Waals surface area (Å²) in [5.74, 6) is 0.0632. The van der Waals surface area contributed by atoms with Gasteiger partial charge in [0.05, 0.1) is 31.5 Å². The number of amides is 1. The van der Waals surface area contributed by atoms with E-state index in [1.54, 1.807) is 0 Å². The summed E-state index contributed by atoms with van der Waals surface area (Å²) >= 11 is 0. The zero-order chi connectivity index (χ0) is 22.4. The monoisotopic (exact) mass is 441 g/mol. The molecule has 3 aliphatic rings. The summed E-state index contributed by atoms with van der Waals surface area (Å²) < 4.78 is 13.7. The highest BCUT2D eigenvalue weighted by atomic mass is 16.6. The number of fused-ring (bicyclic) bond motifs is 5. The lowest BCUT2D eigenvalue weighted by Gasteiger charge is -2.43. The number of nitrogens with zero attached hydrogens (tertiary/aromatic N) is 3. The van der Waals surface area contributed by atoms with Crippen molar-refractivity contribution >= 4 is 11.7 Å². The molecule has 2 aliphatic heterocycles. The summed E-state index contributed by atoms with van der Waals surface area (Å²) in [5, 5.41) is 4.41. The molecule has 6 heteroatoms. The van der Waals surface area contributed by atoms with E-state index in [9.17, 15) is 4.79 Å². The van der Waals surface area contributed by atoms with Gasteiger partial charge in [0.25, 0.3) is 0 Å². The number of hydrogen-bond donors (Lipinski definition) is 0. The van der Waals surface area contributed by atoms with Gasteiger partial charge in [-0.25, -0.2) is 4.79 Å². The van der Waals surface area contributed by atoms with Crippen molar-refractivity contribution in [2.75, 3.05) is 19.8 Å². The van der Waals surface area contributed by atoms with Crippen molar-refractivity contribution in [3.63, 3.8) is 0 Å². The molecule has 1 aromatic heterocycles. The number of carbonyl (C=O) groups excluding carboxylic acids is 1. The highest BCUT2D eigenvalue weighted by molar-refractivity contribution is 5.79. The zero-order valence-corrected chi connectivity index (χ0v) is 18.7. The number of aryl methyl sites for hydroxylation is 1. The molecule has 0 spiro atoms. The van der Waals surface area contributed by atoms with E-state index in [0.717, 1.165) is 18.5 Å². The van der Waals surface area contributed by atoms with E-state index in [4.69, 9.17) is 9.47 Å². The minimum atomic E-state index is -0.255. The summed E-state index contributed by atoms with van der Waals surface area (Å²) in [6, 6.07) is 16.7. The Morgan fingerprint density at radius 3 is 2.48 bits per heavy atom. The summed E-state index contributed by atoms with van der Waals surface area (Å²) in [5.41, 5.74) is 7.28. The second-order valence-corrected chi connectivity index (χ2v) is 8.95. The van der Waals surface area contributed by atoms with Crippen molar-refractivity contribution in [2.24, 2.45) is 0 Å². The second-order valence-electron chi connectivity index (χ2n) is 8.95. The Morgan fingerprint density at radius 1 is 1.09 bits per heavy atom. The molecule has 0 radical (unpaired) electrons. The van der Waals surface area contributed by atoms with Gasteiger partial charge in [-0.1, -0.05) is 54.6 Å². The van der Waals surface area contributed by atoms with Gasteiger partial charge in [0.15, 0.2) is 0 Å². The fourth-order valence-electron chi connectivity index (χ4n) is 5.47. The van der Waals surface area contributed by atoms with Gasteiger partial charge in [-0.05, 0) is 41.2 Å². The van der Waals surface area contributed by atoms with Gasteiger partial charge in [0.1, 0.15) is 6.61 Å². The number of hydrogen-bond acceptors (Lipinski definition) is 4. The molecule has 1 saturated heterocycles. The third kappa shape index (κ3) is 3.45. The molecular weight excluding hydrogens is 414 g/mol. The van der Waals surface area contributed by atoms with Crippen LogP contribution in [0.15, 0.2) is 67.0 Å². The largest absolute Gasteiger partial charge is 0.448 e. The first kappa shape index (κ1) is 20.2. The molecule has 6 rings (SSSR count). The lowest BCUT2D eigenvalue weighted by molar-refractivity contribution is -0.0331. The van der Waals surface area contributed by atoms with Crippen LogP contribution in [0.1, 0.15) is 36.0 Å². The van der Waals surface area contributed by atoms with E-state index in [2.05, 4.69) is 72.8 Å². The van der Waals surface area contributed by atoms with Gasteiger partial charge in [0, 0.05) is 24.2 Å². The van der Waals surface area contributed by atoms with Crippen LogP contribution in [0.2, 0.25) is 0 Å². The Kier molecular flexibility index (Phi) is 5.03. The van der Waals surface area contributed by atoms with Crippen LogP contribution >= 0.6 is 0 Å². The van der Waals surface area contributed by atoms with Crippen molar-refractivity contribution < 1.29 is 14.3 Å². The van der Waals surface area contributed by atoms with Gasteiger partial charge in [0.2, 0.25) is 0 Å². The van der Waals surface area contributed by atoms with Crippen LogP contribution in [0.25, 0.3) is 16.7 Å². The number of aromatic nitrogens is 2. The van der Waals surface area contributed by atoms with Crippen LogP contribution in [-0.2, 0) is 16.0 Å². The van der Waals surface area contributed by atoms with Gasteiger partial charge >= 0.3 is 6.09 Å². The Balaban J connectivity index is 1.21. The molecule has 2 aromatic carbocycles. The fourth-order valence-corrected chi connectivity index (χ4v) is 5.47. The predicted molar refractivity (Wildman–Crippen MR) is 126 cm³/mol. The Labute approximate surface area is 193 Å². The van der Waals surface area contributed by atoms with Crippen LogP contribution in [0.5, 0.6) is 0 Å². The van der Waals surface area contributed by atoms with Gasteiger partial charge in [-0.3, -0.25) is 9.58 Å². The quantitative estimate of drug-likeness (QED) is 0.589. The van der Waals surface area contributed by atoms with Gasteiger partial charge in [-0.15, -0.1) is 0 Å². The second kappa shape index (κ2) is 8.19. The smallest absolute Gasteiger partial charge is 0.410 e. The topological polar surface area (TPSA) is 56.6 Å². The first-order chi connectivity index (χ1) is 16.2. The molecule has 168 valence electrons. The molecule has 2 bridgehead atoms. The zero-order valence-electron chi connectivity index (χ0n) is 18.7. The molecule has 33 heavy (non-hydrogen) atoms. The minimum Gasteiger partial charge on any atom is -0.448 e. The Morgan fingerprint density at radius 2 is 1.82 bits per heavy atom. The fraction of sp³-hybridized carbons (Fsp3) is 0.333. The maximum Gasteiger partial charge on any atom is 0.410 e. The lowest BCUT2D eigenvalue weighted by Crippen LogP contribution is -2.56. The first-order valence-electron chi connectivity index (χ1n) is 11.7. The summed E-state index contributed by atoms with van der Waals surface area (Å²) in [6.07, 6.45) is 6.62. The van der Waals surface area contributed by atoms with E-state index in [-0.39, 0.29) is 24.1 Å². The van der Waals surface area contributed by atoms with Crippen LogP contribution in [0.4, 0.5) is 4.79 Å². The predicted octanol–water partition coefficient (Wildman–Crippen LogP) is 4.71. The number of rotatable bonds is 4. The molecule has 1 aliphatic carbocycles. The van der Waals surface area contributed by atoms with Crippen molar-refractivity contribution in [3.05, 3.63) is 83.7 Å². The third-order valence-electron chi connectivity index (χ3n) is 7.07. The van der Waals surface area contributed by atoms with Crippen LogP contribution in [0, 0.1) is 0 Å². The molecule has 2 atom stereocenters. The molecule has 6 nitrogen and oxygen atoms in total. The summed E-state index contributed by atoms with van der Waals surface area (Å²) in [4.78, 5) is 15.2. The molecule has 0 N–H and O–H groups in total. The van der Waals surface area contributed by atoms with E-state index in [1.165, 1.54) is 27.8 Å². The summed E-state index contributed by atoms with van der Waals surface area (Å²) in [6.45, 7) is 4.28. The Bertz CT molecular complexity index is 1190. The van der Waals surface area contributed by atoms with E-state index >= 15 is 0 Å². The summed E-state index contributed by atoms with van der Waals surface area (Å²) in [7, 11) is 0. The highest BCUT2D eigenvalue weighted by Gasteiger charge is 2.40. The van der Waals surface area contributed by atoms with Crippen LogP contribution in [0.3, 0.4) is 0 Å². The average molecular weight is 442 g/mol. The third-order valence-corrected chi connectivity index (χ3v) is 7.07. The number of carbonyl (C=O) groups is 1. The minimum absolute atomic E-state index is 0.0237. The normalized spacial score (nSPS) is 21.4. The lowest BCUT2D eigenvalue weighted by atomic mass is 9.91. The van der Waals surface area contributed by atoms with E-state index < -0.39 is 0 Å². The number of morpholine rings is 1. The number of ether oxygens (including phenoxy) is 2. The van der Waals surface area contributed by atoms with Gasteiger partial charge < -0.3 is 9.47 Å². The Hall–Kier alpha value is -3.38. The molecule has 2 unspecified atom stereocenters.